The Balaban J connectivity index is 1.47. The van der Waals surface area contributed by atoms with Crippen LogP contribution in [0.3, 0.4) is 0 Å². The van der Waals surface area contributed by atoms with E-state index >= 15 is 0 Å². The van der Waals surface area contributed by atoms with Gasteiger partial charge in [0.05, 0.1) is 18.5 Å². The van der Waals surface area contributed by atoms with Crippen LogP contribution in [0.25, 0.3) is 22.0 Å². The molecule has 7 nitrogen and oxygen atoms in total. The second kappa shape index (κ2) is 8.48. The fourth-order valence-corrected chi connectivity index (χ4v) is 3.11. The molecule has 4 rings (SSSR count). The Morgan fingerprint density at radius 2 is 1.97 bits per heavy atom. The number of benzene rings is 3. The molecule has 0 saturated carbocycles. The highest BCUT2D eigenvalue weighted by atomic mass is 16.5. The molecule has 30 heavy (non-hydrogen) atoms. The average molecular weight is 400 g/mol. The number of hydrazone groups is 1. The van der Waals surface area contributed by atoms with Crippen LogP contribution in [0.1, 0.15) is 23.0 Å². The lowest BCUT2D eigenvalue weighted by Crippen LogP contribution is -2.18. The summed E-state index contributed by atoms with van der Waals surface area (Å²) in [6.45, 7) is 2.53. The maximum Gasteiger partial charge on any atom is 0.289 e. The van der Waals surface area contributed by atoms with Gasteiger partial charge in [-0.2, -0.15) is 10.2 Å². The van der Waals surface area contributed by atoms with Crippen LogP contribution < -0.4 is 10.2 Å². The van der Waals surface area contributed by atoms with Gasteiger partial charge in [-0.05, 0) is 54.1 Å². The molecule has 0 spiro atoms. The van der Waals surface area contributed by atoms with E-state index in [0.717, 1.165) is 22.1 Å². The minimum absolute atomic E-state index is 0.0889. The summed E-state index contributed by atoms with van der Waals surface area (Å²) >= 11 is 0. The molecule has 0 aliphatic heterocycles. The summed E-state index contributed by atoms with van der Waals surface area (Å²) in [4.78, 5) is 12.4. The van der Waals surface area contributed by atoms with E-state index in [4.69, 9.17) is 4.74 Å². The maximum absolute atomic E-state index is 12.4. The standard InChI is InChI=1S/C23H20N4O3/c1-2-30-17-10-7-16(8-11-17)20-13-21(26-25-20)23(29)27-24-14-19-18-6-4-3-5-15(18)9-12-22(19)28/h3-14,28H,2H2,1H3,(H,25,26)(H,27,29)/b24-14+. The fourth-order valence-electron chi connectivity index (χ4n) is 3.11. The molecule has 0 unspecified atom stereocenters. The largest absolute Gasteiger partial charge is 0.507 e. The van der Waals surface area contributed by atoms with Gasteiger partial charge >= 0.3 is 0 Å². The quantitative estimate of drug-likeness (QED) is 0.335. The SMILES string of the molecule is CCOc1ccc(-c2cc(C(=O)N/N=C/c3c(O)ccc4ccccc34)[nH]n2)cc1. The molecular weight excluding hydrogens is 380 g/mol. The lowest BCUT2D eigenvalue weighted by atomic mass is 10.0. The third kappa shape index (κ3) is 4.00. The fraction of sp³-hybridized carbons (Fsp3) is 0.0870. The summed E-state index contributed by atoms with van der Waals surface area (Å²) in [5.41, 5.74) is 4.77. The summed E-state index contributed by atoms with van der Waals surface area (Å²) in [6, 6.07) is 20.2. The average Bonchev–Trinajstić information content (AvgIpc) is 3.26. The number of carbonyl (C=O) groups is 1. The number of hydrogen-bond donors (Lipinski definition) is 3. The predicted molar refractivity (Wildman–Crippen MR) is 116 cm³/mol. The Kier molecular flexibility index (Phi) is 5.43. The Morgan fingerprint density at radius 1 is 1.17 bits per heavy atom. The topological polar surface area (TPSA) is 99.6 Å². The molecule has 0 radical (unpaired) electrons. The number of hydrogen-bond acceptors (Lipinski definition) is 5. The van der Waals surface area contributed by atoms with E-state index in [1.807, 2.05) is 61.5 Å². The van der Waals surface area contributed by atoms with E-state index in [9.17, 15) is 9.90 Å². The van der Waals surface area contributed by atoms with E-state index in [2.05, 4.69) is 20.7 Å². The van der Waals surface area contributed by atoms with E-state index in [-0.39, 0.29) is 11.4 Å². The van der Waals surface area contributed by atoms with Crippen LogP contribution >= 0.6 is 0 Å². The number of aromatic nitrogens is 2. The Labute approximate surface area is 173 Å². The number of fused-ring (bicyclic) bond motifs is 1. The second-order valence-corrected chi connectivity index (χ2v) is 6.54. The number of rotatable bonds is 6. The number of ether oxygens (including phenoxy) is 1. The normalized spacial score (nSPS) is 11.1. The molecule has 1 amide bonds. The molecule has 1 aromatic heterocycles. The van der Waals surface area contributed by atoms with E-state index in [0.29, 0.717) is 17.9 Å². The summed E-state index contributed by atoms with van der Waals surface area (Å²) in [5, 5.41) is 22.9. The van der Waals surface area contributed by atoms with Crippen molar-refractivity contribution in [2.24, 2.45) is 5.10 Å². The molecule has 4 aromatic rings. The van der Waals surface area contributed by atoms with Gasteiger partial charge in [-0.1, -0.05) is 30.3 Å². The summed E-state index contributed by atoms with van der Waals surface area (Å²) in [5.74, 6) is 0.433. The van der Waals surface area contributed by atoms with Crippen LogP contribution in [-0.2, 0) is 0 Å². The van der Waals surface area contributed by atoms with Crippen LogP contribution in [0.2, 0.25) is 0 Å². The van der Waals surface area contributed by atoms with Crippen molar-refractivity contribution in [2.75, 3.05) is 6.61 Å². The van der Waals surface area contributed by atoms with Crippen molar-refractivity contribution in [3.05, 3.63) is 78.0 Å². The molecule has 0 atom stereocenters. The zero-order chi connectivity index (χ0) is 20.9. The molecule has 0 aliphatic rings. The number of phenols is 1. The minimum Gasteiger partial charge on any atom is -0.507 e. The number of amides is 1. The van der Waals surface area contributed by atoms with Crippen LogP contribution in [0.15, 0.2) is 71.8 Å². The Bertz CT molecular complexity index is 1210. The monoisotopic (exact) mass is 400 g/mol. The van der Waals surface area contributed by atoms with Crippen molar-refractivity contribution in [3.63, 3.8) is 0 Å². The molecule has 3 N–H and O–H groups in total. The zero-order valence-corrected chi connectivity index (χ0v) is 16.3. The van der Waals surface area contributed by atoms with Crippen molar-refractivity contribution in [1.29, 1.82) is 0 Å². The molecule has 150 valence electrons. The smallest absolute Gasteiger partial charge is 0.289 e. The van der Waals surface area contributed by atoms with Crippen molar-refractivity contribution in [2.45, 2.75) is 6.92 Å². The number of aromatic amines is 1. The van der Waals surface area contributed by atoms with Gasteiger partial charge in [0.2, 0.25) is 0 Å². The highest BCUT2D eigenvalue weighted by molar-refractivity contribution is 6.03. The predicted octanol–water partition coefficient (Wildman–Crippen LogP) is 4.10. The number of nitrogens with zero attached hydrogens (tertiary/aromatic N) is 2. The second-order valence-electron chi connectivity index (χ2n) is 6.54. The van der Waals surface area contributed by atoms with Crippen LogP contribution in [0.4, 0.5) is 0 Å². The lowest BCUT2D eigenvalue weighted by molar-refractivity contribution is 0.0950. The molecule has 0 saturated heterocycles. The number of nitrogens with one attached hydrogen (secondary N) is 2. The highest BCUT2D eigenvalue weighted by Gasteiger charge is 2.11. The highest BCUT2D eigenvalue weighted by Crippen LogP contribution is 2.25. The van der Waals surface area contributed by atoms with Crippen molar-refractivity contribution < 1.29 is 14.6 Å². The summed E-state index contributed by atoms with van der Waals surface area (Å²) in [7, 11) is 0. The molecule has 0 aliphatic carbocycles. The lowest BCUT2D eigenvalue weighted by Gasteiger charge is -2.04. The Hall–Kier alpha value is -4.13. The molecular formula is C23H20N4O3. The zero-order valence-electron chi connectivity index (χ0n) is 16.3. The van der Waals surface area contributed by atoms with Crippen molar-refractivity contribution in [1.82, 2.24) is 15.6 Å². The third-order valence-corrected chi connectivity index (χ3v) is 4.59. The van der Waals surface area contributed by atoms with Gasteiger partial charge in [0, 0.05) is 11.1 Å². The number of H-pyrrole nitrogens is 1. The van der Waals surface area contributed by atoms with Crippen LogP contribution in [0, 0.1) is 0 Å². The molecule has 7 heteroatoms. The molecule has 0 bridgehead atoms. The van der Waals surface area contributed by atoms with Crippen LogP contribution in [-0.4, -0.2) is 34.0 Å². The van der Waals surface area contributed by atoms with Gasteiger partial charge in [-0.3, -0.25) is 9.89 Å². The first-order valence-corrected chi connectivity index (χ1v) is 9.48. The minimum atomic E-state index is -0.435. The first-order chi connectivity index (χ1) is 14.7. The van der Waals surface area contributed by atoms with Gasteiger partial charge in [0.25, 0.3) is 5.91 Å². The molecule has 0 fully saturated rings. The summed E-state index contributed by atoms with van der Waals surface area (Å²) < 4.78 is 5.43. The van der Waals surface area contributed by atoms with Gasteiger partial charge in [-0.15, -0.1) is 0 Å². The van der Waals surface area contributed by atoms with Gasteiger partial charge in [0.1, 0.15) is 17.2 Å². The van der Waals surface area contributed by atoms with Crippen molar-refractivity contribution >= 4 is 22.9 Å². The third-order valence-electron chi connectivity index (χ3n) is 4.59. The van der Waals surface area contributed by atoms with Gasteiger partial charge in [0.15, 0.2) is 0 Å². The van der Waals surface area contributed by atoms with E-state index in [1.54, 1.807) is 12.1 Å². The molecule has 3 aromatic carbocycles. The number of carbonyl (C=O) groups excluding carboxylic acids is 1. The maximum atomic E-state index is 12.4. The first-order valence-electron chi connectivity index (χ1n) is 9.48. The number of aromatic hydroxyl groups is 1. The van der Waals surface area contributed by atoms with Gasteiger partial charge in [-0.25, -0.2) is 5.43 Å². The Morgan fingerprint density at radius 3 is 2.77 bits per heavy atom. The molecule has 1 heterocycles. The number of phenolic OH excluding ortho intramolecular Hbond substituents is 1. The van der Waals surface area contributed by atoms with E-state index in [1.165, 1.54) is 6.21 Å². The first kappa shape index (κ1) is 19.2. The van der Waals surface area contributed by atoms with Gasteiger partial charge < -0.3 is 9.84 Å². The van der Waals surface area contributed by atoms with Crippen molar-refractivity contribution in [3.8, 4) is 22.8 Å². The van der Waals surface area contributed by atoms with Crippen LogP contribution in [0.5, 0.6) is 11.5 Å². The van der Waals surface area contributed by atoms with E-state index < -0.39 is 5.91 Å². The summed E-state index contributed by atoms with van der Waals surface area (Å²) in [6.07, 6.45) is 1.43.